The summed E-state index contributed by atoms with van der Waals surface area (Å²) < 4.78 is 28.0. The molecule has 0 spiro atoms. The van der Waals surface area contributed by atoms with Crippen LogP contribution in [0.15, 0.2) is 22.7 Å². The van der Waals surface area contributed by atoms with Gasteiger partial charge in [0.2, 0.25) is 0 Å². The number of aromatic carboxylic acids is 1. The molecule has 0 atom stereocenters. The van der Waals surface area contributed by atoms with Crippen LogP contribution in [0.2, 0.25) is 0 Å². The SMILES string of the molecule is CC(C)N(C)S(=O)(=O)Nc1ccc(Br)cc1C(=O)O. The second kappa shape index (κ2) is 5.89. The molecule has 8 heteroatoms. The highest BCUT2D eigenvalue weighted by Crippen LogP contribution is 2.23. The molecule has 0 aliphatic heterocycles. The maximum Gasteiger partial charge on any atom is 0.337 e. The fourth-order valence-electron chi connectivity index (χ4n) is 1.27. The van der Waals surface area contributed by atoms with E-state index in [0.717, 1.165) is 4.31 Å². The number of carbonyl (C=O) groups is 1. The summed E-state index contributed by atoms with van der Waals surface area (Å²) in [6.07, 6.45) is 0. The number of hydrogen-bond acceptors (Lipinski definition) is 3. The lowest BCUT2D eigenvalue weighted by molar-refractivity contribution is 0.0698. The van der Waals surface area contributed by atoms with Gasteiger partial charge in [-0.1, -0.05) is 15.9 Å². The average Bonchev–Trinajstić information content (AvgIpc) is 2.29. The fourth-order valence-corrected chi connectivity index (χ4v) is 2.79. The van der Waals surface area contributed by atoms with Gasteiger partial charge in [-0.25, -0.2) is 4.79 Å². The molecule has 0 aliphatic rings. The Balaban J connectivity index is 3.16. The summed E-state index contributed by atoms with van der Waals surface area (Å²) in [7, 11) is -2.35. The van der Waals surface area contributed by atoms with Crippen LogP contribution in [0, 0.1) is 0 Å². The molecular weight excluding hydrogens is 336 g/mol. The third-order valence-corrected chi connectivity index (χ3v) is 4.71. The number of hydrogen-bond donors (Lipinski definition) is 2. The lowest BCUT2D eigenvalue weighted by Crippen LogP contribution is -2.37. The summed E-state index contributed by atoms with van der Waals surface area (Å²) in [5, 5.41) is 9.07. The first-order chi connectivity index (χ1) is 8.65. The Labute approximate surface area is 120 Å². The van der Waals surface area contributed by atoms with Crippen molar-refractivity contribution >= 4 is 37.8 Å². The standard InChI is InChI=1S/C11H15BrN2O4S/c1-7(2)14(3)19(17,18)13-10-5-4-8(12)6-9(10)11(15)16/h4-7,13H,1-3H3,(H,15,16). The highest BCUT2D eigenvalue weighted by molar-refractivity contribution is 9.10. The van der Waals surface area contributed by atoms with Crippen molar-refractivity contribution in [2.24, 2.45) is 0 Å². The van der Waals surface area contributed by atoms with Crippen LogP contribution in [0.1, 0.15) is 24.2 Å². The molecule has 0 aromatic heterocycles. The maximum atomic E-state index is 12.0. The number of nitrogens with one attached hydrogen (secondary N) is 1. The number of halogens is 1. The molecule has 19 heavy (non-hydrogen) atoms. The molecule has 0 heterocycles. The van der Waals surface area contributed by atoms with Gasteiger partial charge in [0.15, 0.2) is 0 Å². The van der Waals surface area contributed by atoms with Crippen LogP contribution < -0.4 is 4.72 Å². The maximum absolute atomic E-state index is 12.0. The highest BCUT2D eigenvalue weighted by Gasteiger charge is 2.22. The normalized spacial score (nSPS) is 11.9. The quantitative estimate of drug-likeness (QED) is 0.851. The molecular formula is C11H15BrN2O4S. The van der Waals surface area contributed by atoms with Gasteiger partial charge in [-0.15, -0.1) is 0 Å². The van der Waals surface area contributed by atoms with Crippen LogP contribution in [0.5, 0.6) is 0 Å². The van der Waals surface area contributed by atoms with E-state index in [0.29, 0.717) is 4.47 Å². The van der Waals surface area contributed by atoms with Gasteiger partial charge in [-0.2, -0.15) is 12.7 Å². The van der Waals surface area contributed by atoms with Gasteiger partial charge in [0.05, 0.1) is 11.3 Å². The smallest absolute Gasteiger partial charge is 0.337 e. The monoisotopic (exact) mass is 350 g/mol. The first-order valence-corrected chi connectivity index (χ1v) is 7.67. The zero-order valence-electron chi connectivity index (χ0n) is 10.7. The molecule has 0 amide bonds. The molecule has 1 rings (SSSR count). The molecule has 0 unspecified atom stereocenters. The third kappa shape index (κ3) is 3.92. The summed E-state index contributed by atoms with van der Waals surface area (Å²) in [6, 6.07) is 4.08. The van der Waals surface area contributed by atoms with Gasteiger partial charge in [-0.3, -0.25) is 4.72 Å². The second-order valence-corrected chi connectivity index (χ2v) is 6.86. The predicted molar refractivity (Wildman–Crippen MR) is 76.5 cm³/mol. The topological polar surface area (TPSA) is 86.7 Å². The summed E-state index contributed by atoms with van der Waals surface area (Å²) in [6.45, 7) is 3.44. The van der Waals surface area contributed by atoms with E-state index in [4.69, 9.17) is 5.11 Å². The van der Waals surface area contributed by atoms with E-state index in [1.807, 2.05) is 0 Å². The van der Waals surface area contributed by atoms with Crippen molar-refractivity contribution in [3.05, 3.63) is 28.2 Å². The van der Waals surface area contributed by atoms with Crippen molar-refractivity contribution in [1.82, 2.24) is 4.31 Å². The number of rotatable bonds is 5. The van der Waals surface area contributed by atoms with Gasteiger partial charge in [0, 0.05) is 17.6 Å². The Kier molecular flexibility index (Phi) is 4.94. The van der Waals surface area contributed by atoms with E-state index in [1.165, 1.54) is 19.2 Å². The van der Waals surface area contributed by atoms with Gasteiger partial charge in [0.1, 0.15) is 0 Å². The molecule has 0 bridgehead atoms. The Hall–Kier alpha value is -1.12. The van der Waals surface area contributed by atoms with Crippen LogP contribution >= 0.6 is 15.9 Å². The van der Waals surface area contributed by atoms with Gasteiger partial charge in [-0.05, 0) is 32.0 Å². The number of carboxylic acids is 1. The number of anilines is 1. The molecule has 0 radical (unpaired) electrons. The lowest BCUT2D eigenvalue weighted by atomic mass is 10.2. The fraction of sp³-hybridized carbons (Fsp3) is 0.364. The zero-order valence-corrected chi connectivity index (χ0v) is 13.1. The Morgan fingerprint density at radius 2 is 2.00 bits per heavy atom. The molecule has 1 aromatic carbocycles. The van der Waals surface area contributed by atoms with Crippen molar-refractivity contribution in [3.63, 3.8) is 0 Å². The van der Waals surface area contributed by atoms with Crippen molar-refractivity contribution < 1.29 is 18.3 Å². The zero-order chi connectivity index (χ0) is 14.8. The summed E-state index contributed by atoms with van der Waals surface area (Å²) in [4.78, 5) is 11.1. The Morgan fingerprint density at radius 1 is 1.42 bits per heavy atom. The van der Waals surface area contributed by atoms with Crippen LogP contribution in [-0.4, -0.2) is 36.9 Å². The summed E-state index contributed by atoms with van der Waals surface area (Å²) >= 11 is 3.15. The molecule has 106 valence electrons. The minimum atomic E-state index is -3.78. The summed E-state index contributed by atoms with van der Waals surface area (Å²) in [5.74, 6) is -1.20. The van der Waals surface area contributed by atoms with Crippen LogP contribution in [-0.2, 0) is 10.2 Å². The highest BCUT2D eigenvalue weighted by atomic mass is 79.9. The van der Waals surface area contributed by atoms with Crippen molar-refractivity contribution in [1.29, 1.82) is 0 Å². The van der Waals surface area contributed by atoms with Crippen LogP contribution in [0.3, 0.4) is 0 Å². The molecule has 0 aliphatic carbocycles. The molecule has 2 N–H and O–H groups in total. The largest absolute Gasteiger partial charge is 0.478 e. The number of carboxylic acid groups (broad SMARTS) is 1. The van der Waals surface area contributed by atoms with Crippen molar-refractivity contribution in [2.45, 2.75) is 19.9 Å². The van der Waals surface area contributed by atoms with Crippen molar-refractivity contribution in [3.8, 4) is 0 Å². The van der Waals surface area contributed by atoms with E-state index < -0.39 is 16.2 Å². The Morgan fingerprint density at radius 3 is 2.47 bits per heavy atom. The number of benzene rings is 1. The molecule has 1 aromatic rings. The first kappa shape index (κ1) is 15.9. The molecule has 6 nitrogen and oxygen atoms in total. The molecule has 0 saturated carbocycles. The summed E-state index contributed by atoms with van der Waals surface area (Å²) in [5.41, 5.74) is -0.0849. The van der Waals surface area contributed by atoms with Gasteiger partial charge >= 0.3 is 16.2 Å². The molecule has 0 saturated heterocycles. The minimum Gasteiger partial charge on any atom is -0.478 e. The Bertz CT molecular complexity index is 586. The van der Waals surface area contributed by atoms with E-state index in [-0.39, 0.29) is 17.3 Å². The predicted octanol–water partition coefficient (Wildman–Crippen LogP) is 2.14. The number of nitrogens with zero attached hydrogens (tertiary/aromatic N) is 1. The minimum absolute atomic E-state index is 0.0307. The van der Waals surface area contributed by atoms with Crippen molar-refractivity contribution in [2.75, 3.05) is 11.8 Å². The van der Waals surface area contributed by atoms with E-state index in [2.05, 4.69) is 20.7 Å². The van der Waals surface area contributed by atoms with Crippen LogP contribution in [0.25, 0.3) is 0 Å². The van der Waals surface area contributed by atoms with E-state index in [1.54, 1.807) is 19.9 Å². The second-order valence-electron chi connectivity index (χ2n) is 4.21. The van der Waals surface area contributed by atoms with Gasteiger partial charge < -0.3 is 5.11 Å². The molecule has 0 fully saturated rings. The average molecular weight is 351 g/mol. The lowest BCUT2D eigenvalue weighted by Gasteiger charge is -2.22. The first-order valence-electron chi connectivity index (χ1n) is 5.43. The van der Waals surface area contributed by atoms with E-state index in [9.17, 15) is 13.2 Å². The third-order valence-electron chi connectivity index (χ3n) is 2.56. The van der Waals surface area contributed by atoms with Crippen LogP contribution in [0.4, 0.5) is 5.69 Å². The van der Waals surface area contributed by atoms with Gasteiger partial charge in [0.25, 0.3) is 0 Å². The van der Waals surface area contributed by atoms with E-state index >= 15 is 0 Å².